The third kappa shape index (κ3) is 6.49. The number of hydrogen-bond donors (Lipinski definition) is 1. The van der Waals surface area contributed by atoms with Crippen LogP contribution in [0.4, 0.5) is 4.79 Å². The van der Waals surface area contributed by atoms with Crippen molar-refractivity contribution in [3.05, 3.63) is 93.7 Å². The van der Waals surface area contributed by atoms with E-state index in [2.05, 4.69) is 10.3 Å². The summed E-state index contributed by atoms with van der Waals surface area (Å²) < 4.78 is 11.4. The first kappa shape index (κ1) is 25.5. The monoisotopic (exact) mass is 500 g/mol. The van der Waals surface area contributed by atoms with Crippen molar-refractivity contribution in [1.29, 1.82) is 0 Å². The Balaban J connectivity index is 2.00. The molecule has 1 amide bonds. The quantitative estimate of drug-likeness (QED) is 0.292. The molecule has 0 aliphatic heterocycles. The lowest BCUT2D eigenvalue weighted by atomic mass is 9.84. The van der Waals surface area contributed by atoms with Crippen LogP contribution in [0.15, 0.2) is 66.9 Å². The van der Waals surface area contributed by atoms with E-state index in [-0.39, 0.29) is 17.3 Å². The molecule has 0 aliphatic carbocycles. The summed E-state index contributed by atoms with van der Waals surface area (Å²) in [4.78, 5) is 30.7. The number of benzene rings is 2. The number of pyridine rings is 1. The maximum atomic E-state index is 13.9. The molecule has 8 heteroatoms. The summed E-state index contributed by atoms with van der Waals surface area (Å²) in [6.07, 6.45) is 0.692. The molecule has 0 saturated carbocycles. The molecule has 0 saturated heterocycles. The zero-order valence-corrected chi connectivity index (χ0v) is 20.9. The molecule has 3 aromatic rings. The normalized spacial score (nSPS) is 13.0. The fourth-order valence-electron chi connectivity index (χ4n) is 3.25. The molecule has 1 aromatic heterocycles. The number of ketones is 1. The number of carbonyl (C=O) groups is 2. The average Bonchev–Trinajstić information content (AvgIpc) is 2.77. The van der Waals surface area contributed by atoms with Crippen molar-refractivity contribution < 1.29 is 19.1 Å². The van der Waals surface area contributed by atoms with Gasteiger partial charge in [-0.2, -0.15) is 0 Å². The van der Waals surface area contributed by atoms with Crippen molar-refractivity contribution in [2.24, 2.45) is 0 Å². The van der Waals surface area contributed by atoms with Gasteiger partial charge in [-0.25, -0.2) is 9.78 Å². The van der Waals surface area contributed by atoms with E-state index in [1.54, 1.807) is 58.0 Å². The molecule has 0 bridgehead atoms. The first-order valence-electron chi connectivity index (χ1n) is 10.6. The second kappa shape index (κ2) is 10.5. The Morgan fingerprint density at radius 2 is 1.68 bits per heavy atom. The van der Waals surface area contributed by atoms with E-state index in [4.69, 9.17) is 32.7 Å². The van der Waals surface area contributed by atoms with Crippen molar-refractivity contribution >= 4 is 35.1 Å². The van der Waals surface area contributed by atoms with Crippen LogP contribution in [0.25, 0.3) is 0 Å². The third-order valence-corrected chi connectivity index (χ3v) is 5.39. The van der Waals surface area contributed by atoms with Gasteiger partial charge in [0.2, 0.25) is 0 Å². The van der Waals surface area contributed by atoms with Gasteiger partial charge in [0.25, 0.3) is 0 Å². The van der Waals surface area contributed by atoms with Gasteiger partial charge < -0.3 is 14.8 Å². The van der Waals surface area contributed by atoms with Crippen molar-refractivity contribution in [2.45, 2.75) is 45.4 Å². The van der Waals surface area contributed by atoms with Crippen LogP contribution in [0, 0.1) is 0 Å². The number of ether oxygens (including phenoxy) is 2. The van der Waals surface area contributed by atoms with Gasteiger partial charge in [0, 0.05) is 16.8 Å². The van der Waals surface area contributed by atoms with Crippen molar-refractivity contribution in [2.75, 3.05) is 0 Å². The molecule has 34 heavy (non-hydrogen) atoms. The summed E-state index contributed by atoms with van der Waals surface area (Å²) in [5.41, 5.74) is -0.683. The summed E-state index contributed by atoms with van der Waals surface area (Å²) in [5, 5.41) is 3.39. The molecule has 3 rings (SSSR count). The smallest absolute Gasteiger partial charge is 0.408 e. The van der Waals surface area contributed by atoms with Gasteiger partial charge in [-0.15, -0.1) is 0 Å². The first-order chi connectivity index (χ1) is 16.0. The molecule has 1 atom stereocenters. The Morgan fingerprint density at radius 3 is 2.29 bits per heavy atom. The highest BCUT2D eigenvalue weighted by Gasteiger charge is 2.40. The number of Topliss-reactive ketones (excluding diaryl/α,β-unsaturated/α-hetero) is 1. The van der Waals surface area contributed by atoms with Gasteiger partial charge in [-0.1, -0.05) is 59.6 Å². The number of hydrogen-bond acceptors (Lipinski definition) is 5. The largest absolute Gasteiger partial charge is 0.488 e. The molecule has 0 radical (unpaired) electrons. The summed E-state index contributed by atoms with van der Waals surface area (Å²) in [7, 11) is 0. The Morgan fingerprint density at radius 1 is 0.971 bits per heavy atom. The predicted molar refractivity (Wildman–Crippen MR) is 133 cm³/mol. The maximum absolute atomic E-state index is 13.9. The lowest BCUT2D eigenvalue weighted by Crippen LogP contribution is -2.51. The fraction of sp³-hybridized carbons (Fsp3) is 0.269. The van der Waals surface area contributed by atoms with E-state index in [1.165, 1.54) is 6.20 Å². The molecular weight excluding hydrogens is 475 g/mol. The van der Waals surface area contributed by atoms with E-state index in [0.717, 1.165) is 5.56 Å². The van der Waals surface area contributed by atoms with Crippen molar-refractivity contribution in [3.8, 4) is 5.75 Å². The molecule has 0 spiro atoms. The third-order valence-electron chi connectivity index (χ3n) is 4.94. The second-order valence-electron chi connectivity index (χ2n) is 8.87. The summed E-state index contributed by atoms with van der Waals surface area (Å²) in [5.74, 6) is -0.136. The molecule has 0 aliphatic rings. The lowest BCUT2D eigenvalue weighted by Gasteiger charge is -2.31. The number of amides is 1. The Kier molecular flexibility index (Phi) is 7.85. The number of carbonyl (C=O) groups excluding carboxylic acids is 2. The summed E-state index contributed by atoms with van der Waals surface area (Å²) in [6.45, 7) is 7.04. The van der Waals surface area contributed by atoms with E-state index < -0.39 is 23.0 Å². The van der Waals surface area contributed by atoms with Crippen LogP contribution in [0.1, 0.15) is 49.2 Å². The summed E-state index contributed by atoms with van der Waals surface area (Å²) >= 11 is 12.2. The molecular formula is C26H26Cl2N2O4. The minimum atomic E-state index is -1.53. The zero-order valence-electron chi connectivity index (χ0n) is 19.4. The molecule has 1 unspecified atom stereocenters. The van der Waals surface area contributed by atoms with Crippen LogP contribution in [0.3, 0.4) is 0 Å². The molecule has 1 heterocycles. The standard InChI is InChI=1S/C26H26Cl2N2O4/c1-25(2,3)34-24(32)30-26(4,18-10-13-22(28)29-15-18)23(31)20-12-11-19(27)14-21(20)33-16-17-8-6-5-7-9-17/h5-15H,16H2,1-4H3,(H,30,32). The highest BCUT2D eigenvalue weighted by atomic mass is 35.5. The molecule has 0 fully saturated rings. The predicted octanol–water partition coefficient (Wildman–Crippen LogP) is 6.59. The Labute approximate surface area is 209 Å². The van der Waals surface area contributed by atoms with Crippen molar-refractivity contribution in [3.63, 3.8) is 0 Å². The number of nitrogens with one attached hydrogen (secondary N) is 1. The Hall–Kier alpha value is -3.09. The average molecular weight is 501 g/mol. The van der Waals surface area contributed by atoms with Gasteiger partial charge >= 0.3 is 6.09 Å². The SMILES string of the molecule is CC(C)(C)OC(=O)NC(C)(C(=O)c1ccc(Cl)cc1OCc1ccccc1)c1ccc(Cl)nc1. The number of alkyl carbamates (subject to hydrolysis) is 1. The molecule has 178 valence electrons. The number of nitrogens with zero attached hydrogens (tertiary/aromatic N) is 1. The van der Waals surface area contributed by atoms with Crippen LogP contribution >= 0.6 is 23.2 Å². The summed E-state index contributed by atoms with van der Waals surface area (Å²) in [6, 6.07) is 17.5. The number of aromatic nitrogens is 1. The highest BCUT2D eigenvalue weighted by Crippen LogP contribution is 2.33. The van der Waals surface area contributed by atoms with Gasteiger partial charge in [0.05, 0.1) is 5.56 Å². The van der Waals surface area contributed by atoms with Gasteiger partial charge in [0.1, 0.15) is 28.6 Å². The lowest BCUT2D eigenvalue weighted by molar-refractivity contribution is 0.0440. The van der Waals surface area contributed by atoms with Crippen LogP contribution in [0.5, 0.6) is 5.75 Å². The minimum Gasteiger partial charge on any atom is -0.488 e. The fourth-order valence-corrected chi connectivity index (χ4v) is 3.52. The van der Waals surface area contributed by atoms with E-state index in [1.807, 2.05) is 30.3 Å². The molecule has 2 aromatic carbocycles. The van der Waals surface area contributed by atoms with Gasteiger partial charge in [-0.05, 0) is 57.5 Å². The number of halogens is 2. The van der Waals surface area contributed by atoms with E-state index in [9.17, 15) is 9.59 Å². The number of rotatable bonds is 7. The highest BCUT2D eigenvalue weighted by molar-refractivity contribution is 6.31. The van der Waals surface area contributed by atoms with Crippen LogP contribution in [-0.4, -0.2) is 22.5 Å². The topological polar surface area (TPSA) is 77.5 Å². The van der Waals surface area contributed by atoms with E-state index in [0.29, 0.717) is 16.3 Å². The Bertz CT molecular complexity index is 1160. The maximum Gasteiger partial charge on any atom is 0.408 e. The first-order valence-corrected chi connectivity index (χ1v) is 11.4. The second-order valence-corrected chi connectivity index (χ2v) is 9.69. The van der Waals surface area contributed by atoms with Crippen LogP contribution in [0.2, 0.25) is 10.2 Å². The molecule has 1 N–H and O–H groups in total. The van der Waals surface area contributed by atoms with Gasteiger partial charge in [-0.3, -0.25) is 4.79 Å². The zero-order chi connectivity index (χ0) is 24.9. The van der Waals surface area contributed by atoms with E-state index >= 15 is 0 Å². The minimum absolute atomic E-state index is 0.236. The van der Waals surface area contributed by atoms with Crippen LogP contribution < -0.4 is 10.1 Å². The van der Waals surface area contributed by atoms with Gasteiger partial charge in [0.15, 0.2) is 5.78 Å². The molecule has 6 nitrogen and oxygen atoms in total. The van der Waals surface area contributed by atoms with Crippen LogP contribution in [-0.2, 0) is 16.9 Å². The van der Waals surface area contributed by atoms with Crippen molar-refractivity contribution in [1.82, 2.24) is 10.3 Å².